The molecule has 0 aliphatic carbocycles. The van der Waals surface area contributed by atoms with Crippen LogP contribution in [0.15, 0.2) is 29.2 Å². The van der Waals surface area contributed by atoms with E-state index < -0.39 is 21.5 Å². The highest BCUT2D eigenvalue weighted by Gasteiger charge is 2.35. The van der Waals surface area contributed by atoms with Crippen LogP contribution in [0.4, 0.5) is 0 Å². The lowest BCUT2D eigenvalue weighted by atomic mass is 9.99. The second kappa shape index (κ2) is 7.39. The van der Waals surface area contributed by atoms with Crippen LogP contribution in [0.3, 0.4) is 0 Å². The molecule has 1 aromatic rings. The first-order valence-corrected chi connectivity index (χ1v) is 8.83. The summed E-state index contributed by atoms with van der Waals surface area (Å²) in [5.74, 6) is -0.684. The van der Waals surface area contributed by atoms with Gasteiger partial charge in [-0.15, -0.1) is 0 Å². The van der Waals surface area contributed by atoms with E-state index in [1.54, 1.807) is 19.2 Å². The number of rotatable bonds is 7. The van der Waals surface area contributed by atoms with Crippen molar-refractivity contribution in [1.82, 2.24) is 10.0 Å². The Labute approximate surface area is 136 Å². The molecule has 1 unspecified atom stereocenters. The molecule has 1 fully saturated rings. The number of carbonyl (C=O) groups excluding carboxylic acids is 1. The van der Waals surface area contributed by atoms with E-state index in [1.807, 2.05) is 0 Å². The molecule has 2 rings (SSSR count). The number of nitrogens with one attached hydrogen (secondary N) is 2. The molecule has 1 aliphatic heterocycles. The second-order valence-corrected chi connectivity index (χ2v) is 7.29. The van der Waals surface area contributed by atoms with Crippen LogP contribution in [0, 0.1) is 0 Å². The van der Waals surface area contributed by atoms with Crippen LogP contribution in [0.5, 0.6) is 0 Å². The smallest absolute Gasteiger partial charge is 0.339 e. The van der Waals surface area contributed by atoms with Gasteiger partial charge in [0.2, 0.25) is 10.0 Å². The summed E-state index contributed by atoms with van der Waals surface area (Å²) in [7, 11) is -1.03. The number of hydrogen-bond acceptors (Lipinski definition) is 6. The topological polar surface area (TPSA) is 93.7 Å². The molecule has 0 saturated carbocycles. The molecular weight excluding hydrogens is 320 g/mol. The zero-order valence-corrected chi connectivity index (χ0v) is 14.1. The minimum atomic E-state index is -3.84. The van der Waals surface area contributed by atoms with E-state index in [9.17, 15) is 13.2 Å². The van der Waals surface area contributed by atoms with Crippen LogP contribution >= 0.6 is 0 Å². The number of sulfonamides is 1. The van der Waals surface area contributed by atoms with E-state index in [4.69, 9.17) is 4.74 Å². The van der Waals surface area contributed by atoms with Gasteiger partial charge in [-0.1, -0.05) is 12.1 Å². The van der Waals surface area contributed by atoms with Gasteiger partial charge in [-0.2, -0.15) is 0 Å². The van der Waals surface area contributed by atoms with Crippen LogP contribution in [0.1, 0.15) is 23.2 Å². The molecule has 0 aromatic heterocycles. The fraction of sp³-hybridized carbons (Fsp3) is 0.533. The number of benzene rings is 1. The molecule has 1 saturated heterocycles. The van der Waals surface area contributed by atoms with Gasteiger partial charge >= 0.3 is 5.97 Å². The first-order chi connectivity index (χ1) is 10.9. The Morgan fingerprint density at radius 2 is 2.09 bits per heavy atom. The molecule has 23 heavy (non-hydrogen) atoms. The first-order valence-electron chi connectivity index (χ1n) is 7.35. The maximum Gasteiger partial charge on any atom is 0.339 e. The van der Waals surface area contributed by atoms with Crippen molar-refractivity contribution in [1.29, 1.82) is 0 Å². The standard InChI is InChI=1S/C15H22N2O5S/c1-21-11-15(8-5-9-16-15)10-17-23(19,20)13-7-4-3-6-12(13)14(18)22-2/h3-4,6-7,16-17H,5,8-11H2,1-2H3. The van der Waals surface area contributed by atoms with Crippen molar-refractivity contribution in [2.75, 3.05) is 33.9 Å². The highest BCUT2D eigenvalue weighted by Crippen LogP contribution is 2.21. The van der Waals surface area contributed by atoms with Gasteiger partial charge in [0.15, 0.2) is 0 Å². The quantitative estimate of drug-likeness (QED) is 0.702. The number of carbonyl (C=O) groups is 1. The van der Waals surface area contributed by atoms with E-state index in [0.29, 0.717) is 6.61 Å². The summed E-state index contributed by atoms with van der Waals surface area (Å²) in [6.07, 6.45) is 1.78. The van der Waals surface area contributed by atoms with E-state index in [0.717, 1.165) is 19.4 Å². The summed E-state index contributed by atoms with van der Waals surface area (Å²) in [4.78, 5) is 11.7. The average molecular weight is 342 g/mol. The Morgan fingerprint density at radius 1 is 1.35 bits per heavy atom. The second-order valence-electron chi connectivity index (χ2n) is 5.56. The van der Waals surface area contributed by atoms with Crippen molar-refractivity contribution in [2.24, 2.45) is 0 Å². The minimum Gasteiger partial charge on any atom is -0.465 e. The lowest BCUT2D eigenvalue weighted by molar-refractivity contribution is 0.0596. The van der Waals surface area contributed by atoms with Gasteiger partial charge in [0, 0.05) is 13.7 Å². The third kappa shape index (κ3) is 4.08. The van der Waals surface area contributed by atoms with Gasteiger partial charge in [-0.05, 0) is 31.5 Å². The first kappa shape index (κ1) is 17.9. The summed E-state index contributed by atoms with van der Waals surface area (Å²) in [6.45, 7) is 1.43. The summed E-state index contributed by atoms with van der Waals surface area (Å²) in [5, 5.41) is 3.30. The predicted molar refractivity (Wildman–Crippen MR) is 84.8 cm³/mol. The van der Waals surface area contributed by atoms with Crippen LogP contribution < -0.4 is 10.0 Å². The van der Waals surface area contributed by atoms with E-state index in [2.05, 4.69) is 14.8 Å². The largest absolute Gasteiger partial charge is 0.465 e. The Morgan fingerprint density at radius 3 is 2.70 bits per heavy atom. The van der Waals surface area contributed by atoms with Crippen molar-refractivity contribution in [3.8, 4) is 0 Å². The minimum absolute atomic E-state index is 0.0164. The summed E-state index contributed by atoms with van der Waals surface area (Å²) >= 11 is 0. The van der Waals surface area contributed by atoms with Gasteiger partial charge in [-0.25, -0.2) is 17.9 Å². The van der Waals surface area contributed by atoms with Crippen LogP contribution in [0.2, 0.25) is 0 Å². The van der Waals surface area contributed by atoms with E-state index >= 15 is 0 Å². The van der Waals surface area contributed by atoms with Crippen molar-refractivity contribution < 1.29 is 22.7 Å². The van der Waals surface area contributed by atoms with Gasteiger partial charge < -0.3 is 14.8 Å². The highest BCUT2D eigenvalue weighted by atomic mass is 32.2. The Bertz CT molecular complexity index is 654. The molecule has 1 heterocycles. The number of methoxy groups -OCH3 is 2. The van der Waals surface area contributed by atoms with Crippen molar-refractivity contribution in [2.45, 2.75) is 23.3 Å². The van der Waals surface area contributed by atoms with Crippen LogP contribution in [0.25, 0.3) is 0 Å². The van der Waals surface area contributed by atoms with Crippen LogP contribution in [-0.4, -0.2) is 53.8 Å². The molecule has 2 N–H and O–H groups in total. The molecular formula is C15H22N2O5S. The average Bonchev–Trinajstić information content (AvgIpc) is 3.02. The summed E-state index contributed by atoms with van der Waals surface area (Å²) < 4.78 is 37.6. The SMILES string of the molecule is COCC1(CNS(=O)(=O)c2ccccc2C(=O)OC)CCCN1. The highest BCUT2D eigenvalue weighted by molar-refractivity contribution is 7.89. The number of ether oxygens (including phenoxy) is 2. The zero-order chi connectivity index (χ0) is 16.9. The fourth-order valence-corrected chi connectivity index (χ4v) is 4.08. The van der Waals surface area contributed by atoms with Gasteiger partial charge in [0.05, 0.1) is 29.7 Å². The van der Waals surface area contributed by atoms with Gasteiger partial charge in [-0.3, -0.25) is 0 Å². The monoisotopic (exact) mass is 342 g/mol. The van der Waals surface area contributed by atoms with Crippen molar-refractivity contribution in [3.05, 3.63) is 29.8 Å². The summed E-state index contributed by atoms with van der Waals surface area (Å²) in [6, 6.07) is 5.98. The van der Waals surface area contributed by atoms with Crippen molar-refractivity contribution in [3.63, 3.8) is 0 Å². The zero-order valence-electron chi connectivity index (χ0n) is 13.3. The lowest BCUT2D eigenvalue weighted by Gasteiger charge is -2.29. The van der Waals surface area contributed by atoms with Gasteiger partial charge in [0.1, 0.15) is 0 Å². The molecule has 0 spiro atoms. The lowest BCUT2D eigenvalue weighted by Crippen LogP contribution is -2.53. The van der Waals surface area contributed by atoms with Crippen molar-refractivity contribution >= 4 is 16.0 Å². The van der Waals surface area contributed by atoms with E-state index in [1.165, 1.54) is 19.2 Å². The maximum atomic E-state index is 12.6. The summed E-state index contributed by atoms with van der Waals surface area (Å²) in [5.41, 5.74) is -0.398. The predicted octanol–water partition coefficient (Wildman–Crippen LogP) is 0.520. The molecule has 1 aliphatic rings. The third-order valence-electron chi connectivity index (χ3n) is 3.94. The Balaban J connectivity index is 2.21. The molecule has 1 atom stereocenters. The molecule has 7 nitrogen and oxygen atoms in total. The number of hydrogen-bond donors (Lipinski definition) is 2. The maximum absolute atomic E-state index is 12.6. The van der Waals surface area contributed by atoms with Crippen LogP contribution in [-0.2, 0) is 19.5 Å². The molecule has 1 aromatic carbocycles. The molecule has 0 amide bonds. The molecule has 0 radical (unpaired) electrons. The third-order valence-corrected chi connectivity index (χ3v) is 5.39. The number of esters is 1. The Kier molecular flexibility index (Phi) is 5.74. The Hall–Kier alpha value is -1.48. The fourth-order valence-electron chi connectivity index (χ4n) is 2.76. The normalized spacial score (nSPS) is 21.3. The molecule has 0 bridgehead atoms. The van der Waals surface area contributed by atoms with E-state index in [-0.39, 0.29) is 17.0 Å². The molecule has 8 heteroatoms. The molecule has 128 valence electrons. The van der Waals surface area contributed by atoms with Gasteiger partial charge in [0.25, 0.3) is 0 Å².